The smallest absolute Gasteiger partial charge is 0.285 e. The van der Waals surface area contributed by atoms with Crippen molar-refractivity contribution >= 4 is 29.3 Å². The third kappa shape index (κ3) is 3.64. The Morgan fingerprint density at radius 3 is 2.31 bits per heavy atom. The van der Waals surface area contributed by atoms with Crippen LogP contribution in [0.25, 0.3) is 0 Å². The fourth-order valence-corrected chi connectivity index (χ4v) is 3.09. The highest BCUT2D eigenvalue weighted by Gasteiger charge is 2.36. The molecule has 0 saturated carbocycles. The maximum absolute atomic E-state index is 11.8. The predicted octanol–water partition coefficient (Wildman–Crippen LogP) is 2.83. The minimum atomic E-state index is -4.73. The number of allylic oxidation sites excluding steroid dienone is 1. The highest BCUT2D eigenvalue weighted by atomic mass is 32.2. The number of carbonyl (C=O) groups excluding carboxylic acids is 1. The van der Waals surface area contributed by atoms with E-state index in [1.165, 1.54) is 23.5 Å². The number of ketones is 1. The summed E-state index contributed by atoms with van der Waals surface area (Å²) in [5.41, 5.74) is 0. The molecule has 74 valence electrons. The molecule has 1 aliphatic rings. The van der Waals surface area contributed by atoms with Gasteiger partial charge in [-0.3, -0.25) is 4.79 Å². The number of rotatable bonds is 1. The topological polar surface area (TPSA) is 17.1 Å². The molecule has 1 rings (SSSR count). The number of hydrogen-bond acceptors (Lipinski definition) is 3. The summed E-state index contributed by atoms with van der Waals surface area (Å²) in [6.07, 6.45) is -3.06. The zero-order valence-corrected chi connectivity index (χ0v) is 8.19. The second-order valence-corrected chi connectivity index (χ2v) is 4.91. The van der Waals surface area contributed by atoms with Gasteiger partial charge >= 0.3 is 6.18 Å². The second-order valence-electron chi connectivity index (χ2n) is 2.38. The molecular formula is C7H7F3OS2. The van der Waals surface area contributed by atoms with Crippen LogP contribution in [0.4, 0.5) is 13.2 Å². The van der Waals surface area contributed by atoms with Crippen molar-refractivity contribution in [2.24, 2.45) is 0 Å². The summed E-state index contributed by atoms with van der Waals surface area (Å²) < 4.78 is 35.9. The van der Waals surface area contributed by atoms with Crippen LogP contribution in [0, 0.1) is 0 Å². The van der Waals surface area contributed by atoms with Gasteiger partial charge in [-0.15, -0.1) is 23.5 Å². The molecule has 1 aliphatic heterocycles. The largest absolute Gasteiger partial charge is 0.454 e. The monoisotopic (exact) mass is 228 g/mol. The van der Waals surface area contributed by atoms with Gasteiger partial charge in [0.15, 0.2) is 0 Å². The van der Waals surface area contributed by atoms with E-state index in [4.69, 9.17) is 0 Å². The fourth-order valence-electron chi connectivity index (χ4n) is 0.718. The van der Waals surface area contributed by atoms with Crippen molar-refractivity contribution in [3.05, 3.63) is 10.3 Å². The van der Waals surface area contributed by atoms with E-state index >= 15 is 0 Å². The van der Waals surface area contributed by atoms with Gasteiger partial charge in [-0.1, -0.05) is 0 Å². The molecule has 0 atom stereocenters. The Labute approximate surface area is 82.1 Å². The lowest BCUT2D eigenvalue weighted by Gasteiger charge is -2.12. The molecule has 0 aromatic rings. The van der Waals surface area contributed by atoms with Gasteiger partial charge in [-0.05, 0) is 17.9 Å². The molecule has 1 saturated heterocycles. The average molecular weight is 228 g/mol. The lowest BCUT2D eigenvalue weighted by Crippen LogP contribution is -2.20. The molecule has 0 aliphatic carbocycles. The second kappa shape index (κ2) is 4.41. The summed E-state index contributed by atoms with van der Waals surface area (Å²) in [5.74, 6) is -0.169. The Hall–Kier alpha value is -0.100. The minimum absolute atomic E-state index is 0.480. The van der Waals surface area contributed by atoms with Crippen LogP contribution in [0.15, 0.2) is 10.3 Å². The van der Waals surface area contributed by atoms with Gasteiger partial charge in [0.05, 0.1) is 0 Å². The Balaban J connectivity index is 2.59. The van der Waals surface area contributed by atoms with Crippen molar-refractivity contribution in [1.82, 2.24) is 0 Å². The van der Waals surface area contributed by atoms with Crippen LogP contribution in [-0.2, 0) is 4.79 Å². The van der Waals surface area contributed by atoms with Crippen LogP contribution < -0.4 is 0 Å². The Bertz CT molecular complexity index is 226. The first kappa shape index (κ1) is 11.0. The summed E-state index contributed by atoms with van der Waals surface area (Å²) in [4.78, 5) is 10.5. The minimum Gasteiger partial charge on any atom is -0.285 e. The first-order valence-corrected chi connectivity index (χ1v) is 5.56. The number of thioether (sulfide) groups is 2. The first-order valence-electron chi connectivity index (χ1n) is 3.58. The molecule has 0 bridgehead atoms. The van der Waals surface area contributed by atoms with Crippen molar-refractivity contribution in [2.75, 3.05) is 11.5 Å². The van der Waals surface area contributed by atoms with Gasteiger partial charge in [-0.25, -0.2) is 0 Å². The Morgan fingerprint density at radius 1 is 1.31 bits per heavy atom. The molecule has 0 N–H and O–H groups in total. The van der Waals surface area contributed by atoms with E-state index in [9.17, 15) is 18.0 Å². The molecule has 13 heavy (non-hydrogen) atoms. The van der Waals surface area contributed by atoms with Crippen LogP contribution in [0.5, 0.6) is 0 Å². The van der Waals surface area contributed by atoms with E-state index in [0.29, 0.717) is 10.3 Å². The van der Waals surface area contributed by atoms with Gasteiger partial charge < -0.3 is 0 Å². The van der Waals surface area contributed by atoms with Gasteiger partial charge in [0, 0.05) is 10.3 Å². The standard InChI is InChI=1S/C7H7F3OS2/c8-7(9,10)5(11)4-6-12-2-1-3-13-6/h4H,1-3H2. The van der Waals surface area contributed by atoms with E-state index in [2.05, 4.69) is 0 Å². The fraction of sp³-hybridized carbons (Fsp3) is 0.571. The zero-order valence-electron chi connectivity index (χ0n) is 6.56. The number of carbonyl (C=O) groups is 1. The normalized spacial score (nSPS) is 18.5. The Morgan fingerprint density at radius 2 is 1.85 bits per heavy atom. The SMILES string of the molecule is O=C(C=C1SCCCS1)C(F)(F)F. The van der Waals surface area contributed by atoms with E-state index in [1.54, 1.807) is 0 Å². The Kier molecular flexibility index (Phi) is 3.73. The zero-order chi connectivity index (χ0) is 9.90. The van der Waals surface area contributed by atoms with Crippen LogP contribution in [0.3, 0.4) is 0 Å². The number of alkyl halides is 3. The van der Waals surface area contributed by atoms with E-state index in [-0.39, 0.29) is 0 Å². The lowest BCUT2D eigenvalue weighted by atomic mass is 10.4. The summed E-state index contributed by atoms with van der Waals surface area (Å²) in [7, 11) is 0. The van der Waals surface area contributed by atoms with Crippen LogP contribution in [0.2, 0.25) is 0 Å². The van der Waals surface area contributed by atoms with Crippen molar-refractivity contribution in [3.8, 4) is 0 Å². The summed E-state index contributed by atoms with van der Waals surface area (Å²) in [5, 5.41) is 0. The molecule has 0 spiro atoms. The lowest BCUT2D eigenvalue weighted by molar-refractivity contribution is -0.165. The maximum Gasteiger partial charge on any atom is 0.454 e. The molecule has 6 heteroatoms. The van der Waals surface area contributed by atoms with Crippen molar-refractivity contribution < 1.29 is 18.0 Å². The molecular weight excluding hydrogens is 221 g/mol. The predicted molar refractivity (Wildman–Crippen MR) is 48.7 cm³/mol. The third-order valence-corrected chi connectivity index (χ3v) is 3.80. The number of halogens is 3. The third-order valence-electron chi connectivity index (χ3n) is 1.31. The summed E-state index contributed by atoms with van der Waals surface area (Å²) >= 11 is 2.62. The highest BCUT2D eigenvalue weighted by molar-refractivity contribution is 8.22. The first-order chi connectivity index (χ1) is 6.00. The summed E-state index contributed by atoms with van der Waals surface area (Å²) in [6.45, 7) is 0. The van der Waals surface area contributed by atoms with Gasteiger partial charge in [0.25, 0.3) is 5.78 Å². The molecule has 0 aromatic heterocycles. The number of hydrogen-bond donors (Lipinski definition) is 0. The van der Waals surface area contributed by atoms with Gasteiger partial charge in [0.2, 0.25) is 0 Å². The van der Waals surface area contributed by atoms with Crippen LogP contribution in [-0.4, -0.2) is 23.5 Å². The average Bonchev–Trinajstić information content (AvgIpc) is 2.04. The highest BCUT2D eigenvalue weighted by Crippen LogP contribution is 2.35. The molecule has 0 radical (unpaired) electrons. The molecule has 1 nitrogen and oxygen atoms in total. The van der Waals surface area contributed by atoms with Gasteiger partial charge in [-0.2, -0.15) is 13.2 Å². The maximum atomic E-state index is 11.8. The quantitative estimate of drug-likeness (QED) is 0.642. The van der Waals surface area contributed by atoms with Crippen LogP contribution >= 0.6 is 23.5 Å². The van der Waals surface area contributed by atoms with Crippen LogP contribution in [0.1, 0.15) is 6.42 Å². The molecule has 0 unspecified atom stereocenters. The summed E-state index contributed by atoms with van der Waals surface area (Å²) in [6, 6.07) is 0. The molecule has 1 heterocycles. The molecule has 0 aromatic carbocycles. The van der Waals surface area contributed by atoms with Crippen molar-refractivity contribution in [1.29, 1.82) is 0 Å². The van der Waals surface area contributed by atoms with E-state index in [1.807, 2.05) is 0 Å². The van der Waals surface area contributed by atoms with E-state index < -0.39 is 12.0 Å². The van der Waals surface area contributed by atoms with Crippen molar-refractivity contribution in [3.63, 3.8) is 0 Å². The van der Waals surface area contributed by atoms with E-state index in [0.717, 1.165) is 17.9 Å². The van der Waals surface area contributed by atoms with Crippen molar-refractivity contribution in [2.45, 2.75) is 12.6 Å². The molecule has 0 amide bonds. The van der Waals surface area contributed by atoms with Gasteiger partial charge in [0.1, 0.15) is 0 Å². The molecule has 1 fully saturated rings.